The summed E-state index contributed by atoms with van der Waals surface area (Å²) in [5, 5.41) is 6.98. The fraction of sp³-hybridized carbons (Fsp3) is 0.0870. The van der Waals surface area contributed by atoms with Crippen LogP contribution in [0.5, 0.6) is 0 Å². The molecule has 11 heteroatoms. The first-order valence-corrected chi connectivity index (χ1v) is 11.9. The van der Waals surface area contributed by atoms with Gasteiger partial charge in [0.2, 0.25) is 11.9 Å². The number of carbonyl (C=O) groups excluding carboxylic acids is 2. The van der Waals surface area contributed by atoms with E-state index < -0.39 is 21.7 Å². The SMILES string of the molecule is Cc1cc(C(=O)Nc2ncc(-c3ccc(S(C)(=O)=O)cc3)cn2)n(-c2cccc(C(N)=O)c2)n1. The Bertz CT molecular complexity index is 1490. The molecule has 2 amide bonds. The van der Waals surface area contributed by atoms with Gasteiger partial charge in [-0.1, -0.05) is 18.2 Å². The number of rotatable bonds is 6. The number of amides is 2. The lowest BCUT2D eigenvalue weighted by molar-refractivity contribution is 0.0997. The summed E-state index contributed by atoms with van der Waals surface area (Å²) < 4.78 is 24.6. The molecule has 0 aliphatic rings. The zero-order valence-corrected chi connectivity index (χ0v) is 19.1. The molecule has 0 radical (unpaired) electrons. The lowest BCUT2D eigenvalue weighted by atomic mass is 10.1. The van der Waals surface area contributed by atoms with E-state index in [0.29, 0.717) is 22.5 Å². The molecule has 2 aromatic carbocycles. The third-order valence-electron chi connectivity index (χ3n) is 4.93. The minimum Gasteiger partial charge on any atom is -0.366 e. The zero-order chi connectivity index (χ0) is 24.5. The molecule has 0 unspecified atom stereocenters. The monoisotopic (exact) mass is 476 g/mol. The number of hydrogen-bond acceptors (Lipinski definition) is 7. The first-order chi connectivity index (χ1) is 16.1. The number of benzene rings is 2. The average molecular weight is 477 g/mol. The highest BCUT2D eigenvalue weighted by atomic mass is 32.2. The first kappa shape index (κ1) is 22.8. The molecule has 2 aromatic heterocycles. The maximum absolute atomic E-state index is 12.9. The van der Waals surface area contributed by atoms with Crippen molar-refractivity contribution in [1.29, 1.82) is 0 Å². The molecule has 4 aromatic rings. The fourth-order valence-corrected chi connectivity index (χ4v) is 3.88. The van der Waals surface area contributed by atoms with Gasteiger partial charge < -0.3 is 5.73 Å². The molecular formula is C23H20N6O4S. The number of carbonyl (C=O) groups is 2. The van der Waals surface area contributed by atoms with Gasteiger partial charge in [0.1, 0.15) is 5.69 Å². The van der Waals surface area contributed by atoms with Crippen molar-refractivity contribution in [2.75, 3.05) is 11.6 Å². The average Bonchev–Trinajstić information content (AvgIpc) is 3.21. The first-order valence-electron chi connectivity index (χ1n) is 10.0. The molecule has 0 fully saturated rings. The Morgan fingerprint density at radius 3 is 2.26 bits per heavy atom. The zero-order valence-electron chi connectivity index (χ0n) is 18.3. The van der Waals surface area contributed by atoms with Crippen molar-refractivity contribution in [3.05, 3.63) is 83.9 Å². The number of primary amides is 1. The van der Waals surface area contributed by atoms with Gasteiger partial charge in [0, 0.05) is 29.8 Å². The molecule has 2 heterocycles. The van der Waals surface area contributed by atoms with Crippen LogP contribution in [-0.4, -0.2) is 46.2 Å². The molecule has 0 saturated carbocycles. The maximum atomic E-state index is 12.9. The Hall–Kier alpha value is -4.38. The number of sulfone groups is 1. The van der Waals surface area contributed by atoms with Gasteiger partial charge >= 0.3 is 0 Å². The van der Waals surface area contributed by atoms with Gasteiger partial charge in [-0.15, -0.1) is 0 Å². The van der Waals surface area contributed by atoms with Gasteiger partial charge in [-0.2, -0.15) is 5.10 Å². The highest BCUT2D eigenvalue weighted by molar-refractivity contribution is 7.90. The Balaban J connectivity index is 1.55. The third-order valence-corrected chi connectivity index (χ3v) is 6.06. The van der Waals surface area contributed by atoms with Gasteiger partial charge in [0.15, 0.2) is 9.84 Å². The summed E-state index contributed by atoms with van der Waals surface area (Å²) in [6, 6.07) is 14.4. The molecule has 10 nitrogen and oxygen atoms in total. The molecule has 0 bridgehead atoms. The van der Waals surface area contributed by atoms with Gasteiger partial charge in [-0.3, -0.25) is 14.9 Å². The van der Waals surface area contributed by atoms with Crippen LogP contribution in [0.3, 0.4) is 0 Å². The number of aryl methyl sites for hydroxylation is 1. The Labute approximate surface area is 195 Å². The second-order valence-corrected chi connectivity index (χ2v) is 9.56. The number of anilines is 1. The third kappa shape index (κ3) is 4.84. The number of aromatic nitrogens is 4. The van der Waals surface area contributed by atoms with Gasteiger partial charge in [0.25, 0.3) is 5.91 Å². The second kappa shape index (κ2) is 8.87. The van der Waals surface area contributed by atoms with Gasteiger partial charge in [-0.25, -0.2) is 23.1 Å². The van der Waals surface area contributed by atoms with E-state index in [-0.39, 0.29) is 16.5 Å². The summed E-state index contributed by atoms with van der Waals surface area (Å²) in [6.45, 7) is 1.74. The number of nitrogens with one attached hydrogen (secondary N) is 1. The molecule has 4 rings (SSSR count). The predicted molar refractivity (Wildman–Crippen MR) is 125 cm³/mol. The summed E-state index contributed by atoms with van der Waals surface area (Å²) in [5.74, 6) is -0.996. The lowest BCUT2D eigenvalue weighted by Gasteiger charge is -2.09. The smallest absolute Gasteiger partial charge is 0.276 e. The minimum atomic E-state index is -3.29. The molecule has 0 atom stereocenters. The van der Waals surface area contributed by atoms with Crippen LogP contribution in [0.15, 0.2) is 71.9 Å². The molecular weight excluding hydrogens is 456 g/mol. The Kier molecular flexibility index (Phi) is 5.95. The Morgan fingerprint density at radius 2 is 1.65 bits per heavy atom. The van der Waals surface area contributed by atoms with Crippen LogP contribution in [-0.2, 0) is 9.84 Å². The summed E-state index contributed by atoms with van der Waals surface area (Å²) in [7, 11) is -3.29. The van der Waals surface area contributed by atoms with Crippen LogP contribution in [0, 0.1) is 6.92 Å². The molecule has 3 N–H and O–H groups in total. The molecule has 0 aliphatic carbocycles. The molecule has 0 saturated heterocycles. The van der Waals surface area contributed by atoms with Crippen molar-refractivity contribution < 1.29 is 18.0 Å². The van der Waals surface area contributed by atoms with Crippen molar-refractivity contribution >= 4 is 27.6 Å². The van der Waals surface area contributed by atoms with Crippen LogP contribution < -0.4 is 11.1 Å². The highest BCUT2D eigenvalue weighted by Gasteiger charge is 2.17. The van der Waals surface area contributed by atoms with E-state index in [9.17, 15) is 18.0 Å². The van der Waals surface area contributed by atoms with Crippen LogP contribution >= 0.6 is 0 Å². The Morgan fingerprint density at radius 1 is 0.971 bits per heavy atom. The fourth-order valence-electron chi connectivity index (χ4n) is 3.25. The van der Waals surface area contributed by atoms with Crippen LogP contribution in [0.25, 0.3) is 16.8 Å². The van der Waals surface area contributed by atoms with E-state index in [4.69, 9.17) is 5.73 Å². The summed E-state index contributed by atoms with van der Waals surface area (Å²) in [4.78, 5) is 33.0. The van der Waals surface area contributed by atoms with E-state index in [1.807, 2.05) is 0 Å². The number of nitrogens with zero attached hydrogens (tertiary/aromatic N) is 4. The second-order valence-electron chi connectivity index (χ2n) is 7.54. The van der Waals surface area contributed by atoms with Crippen molar-refractivity contribution in [1.82, 2.24) is 19.7 Å². The lowest BCUT2D eigenvalue weighted by Crippen LogP contribution is -2.19. The van der Waals surface area contributed by atoms with E-state index in [0.717, 1.165) is 11.8 Å². The van der Waals surface area contributed by atoms with Crippen LogP contribution in [0.4, 0.5) is 5.95 Å². The van der Waals surface area contributed by atoms with E-state index in [1.165, 1.54) is 29.2 Å². The molecule has 34 heavy (non-hydrogen) atoms. The highest BCUT2D eigenvalue weighted by Crippen LogP contribution is 2.21. The maximum Gasteiger partial charge on any atom is 0.276 e. The number of nitrogens with two attached hydrogens (primary N) is 1. The van der Waals surface area contributed by atoms with Crippen LogP contribution in [0.1, 0.15) is 26.5 Å². The van der Waals surface area contributed by atoms with E-state index in [1.54, 1.807) is 49.4 Å². The molecule has 0 aliphatic heterocycles. The van der Waals surface area contributed by atoms with E-state index in [2.05, 4.69) is 20.4 Å². The minimum absolute atomic E-state index is 0.0813. The molecule has 172 valence electrons. The summed E-state index contributed by atoms with van der Waals surface area (Å²) >= 11 is 0. The predicted octanol–water partition coefficient (Wildman–Crippen LogP) is 2.39. The van der Waals surface area contributed by atoms with Crippen molar-refractivity contribution in [2.24, 2.45) is 5.73 Å². The van der Waals surface area contributed by atoms with Crippen LogP contribution in [0.2, 0.25) is 0 Å². The standard InChI is InChI=1S/C23H20N6O4S/c1-14-10-20(29(28-14)18-5-3-4-16(11-18)21(24)30)22(31)27-23-25-12-17(13-26-23)15-6-8-19(9-7-15)34(2,32)33/h3-13H,1-2H3,(H2,24,30)(H,25,26,27,31). The van der Waals surface area contributed by atoms with Crippen molar-refractivity contribution in [3.8, 4) is 16.8 Å². The quantitative estimate of drug-likeness (QED) is 0.434. The summed E-state index contributed by atoms with van der Waals surface area (Å²) in [5.41, 5.74) is 8.36. The van der Waals surface area contributed by atoms with Crippen molar-refractivity contribution in [3.63, 3.8) is 0 Å². The van der Waals surface area contributed by atoms with Crippen molar-refractivity contribution in [2.45, 2.75) is 11.8 Å². The van der Waals surface area contributed by atoms with E-state index >= 15 is 0 Å². The summed E-state index contributed by atoms with van der Waals surface area (Å²) in [6.07, 6.45) is 4.19. The van der Waals surface area contributed by atoms with Gasteiger partial charge in [-0.05, 0) is 48.9 Å². The number of hydrogen-bond donors (Lipinski definition) is 2. The largest absolute Gasteiger partial charge is 0.366 e. The normalized spacial score (nSPS) is 11.2. The van der Waals surface area contributed by atoms with Gasteiger partial charge in [0.05, 0.1) is 16.3 Å². The molecule has 0 spiro atoms. The topological polar surface area (TPSA) is 150 Å².